The number of anilines is 1. The summed E-state index contributed by atoms with van der Waals surface area (Å²) in [6, 6.07) is 2.01. The topological polar surface area (TPSA) is 38.9 Å². The van der Waals surface area contributed by atoms with Gasteiger partial charge in [0.05, 0.1) is 11.9 Å². The Morgan fingerprint density at radius 2 is 2.36 bits per heavy atom. The van der Waals surface area contributed by atoms with Crippen LogP contribution < -0.4 is 5.73 Å². The predicted molar refractivity (Wildman–Crippen MR) is 59.6 cm³/mol. The number of nitrogens with zero attached hydrogens (tertiary/aromatic N) is 1. The van der Waals surface area contributed by atoms with Gasteiger partial charge in [-0.25, -0.2) is 0 Å². The third-order valence-corrected chi connectivity index (χ3v) is 2.82. The Hall–Kier alpha value is -1.31. The minimum Gasteiger partial charge on any atom is -0.397 e. The molecule has 2 N–H and O–H groups in total. The number of pyridine rings is 1. The van der Waals surface area contributed by atoms with Crippen LogP contribution in [0.25, 0.3) is 5.57 Å². The third-order valence-electron chi connectivity index (χ3n) is 2.82. The summed E-state index contributed by atoms with van der Waals surface area (Å²) in [6.07, 6.45) is 9.48. The van der Waals surface area contributed by atoms with Crippen molar-refractivity contribution in [2.45, 2.75) is 26.2 Å². The van der Waals surface area contributed by atoms with Gasteiger partial charge in [-0.05, 0) is 36.8 Å². The summed E-state index contributed by atoms with van der Waals surface area (Å²) < 4.78 is 0. The molecule has 1 aromatic rings. The van der Waals surface area contributed by atoms with E-state index in [0.29, 0.717) is 0 Å². The fourth-order valence-electron chi connectivity index (χ4n) is 2.02. The molecule has 0 aromatic carbocycles. The Labute approximate surface area is 84.9 Å². The third kappa shape index (κ3) is 1.79. The molecule has 0 radical (unpaired) electrons. The van der Waals surface area contributed by atoms with E-state index in [4.69, 9.17) is 5.73 Å². The zero-order valence-corrected chi connectivity index (χ0v) is 8.53. The van der Waals surface area contributed by atoms with Gasteiger partial charge in [0.15, 0.2) is 0 Å². The monoisotopic (exact) mass is 188 g/mol. The molecule has 74 valence electrons. The van der Waals surface area contributed by atoms with Crippen molar-refractivity contribution < 1.29 is 0 Å². The van der Waals surface area contributed by atoms with Crippen molar-refractivity contribution in [2.24, 2.45) is 5.92 Å². The summed E-state index contributed by atoms with van der Waals surface area (Å²) in [4.78, 5) is 4.01. The number of nitrogen functional groups attached to an aromatic ring is 1. The summed E-state index contributed by atoms with van der Waals surface area (Å²) in [6.45, 7) is 2.30. The Morgan fingerprint density at radius 1 is 1.50 bits per heavy atom. The molecule has 1 aromatic heterocycles. The number of hydrogen-bond acceptors (Lipinski definition) is 2. The second kappa shape index (κ2) is 3.82. The van der Waals surface area contributed by atoms with Crippen molar-refractivity contribution in [1.82, 2.24) is 4.98 Å². The van der Waals surface area contributed by atoms with Crippen LogP contribution in [0.4, 0.5) is 5.69 Å². The molecule has 0 bridgehead atoms. The van der Waals surface area contributed by atoms with Crippen molar-refractivity contribution in [3.63, 3.8) is 0 Å². The number of rotatable bonds is 1. The molecule has 1 unspecified atom stereocenters. The van der Waals surface area contributed by atoms with Crippen LogP contribution in [-0.2, 0) is 0 Å². The van der Waals surface area contributed by atoms with Gasteiger partial charge in [0.25, 0.3) is 0 Å². The standard InChI is InChI=1S/C12H16N2/c1-9-3-2-4-10(7-9)11-5-6-14-8-12(11)13/h4-6,8-9H,2-3,7,13H2,1H3. The number of nitrogens with two attached hydrogens (primary N) is 1. The quantitative estimate of drug-likeness (QED) is 0.736. The molecule has 1 atom stereocenters. The molecule has 0 amide bonds. The Kier molecular flexibility index (Phi) is 2.53. The Balaban J connectivity index is 2.31. The van der Waals surface area contributed by atoms with Crippen LogP contribution in [0.15, 0.2) is 24.5 Å². The molecule has 1 aliphatic carbocycles. The molecule has 0 aliphatic heterocycles. The highest BCUT2D eigenvalue weighted by Crippen LogP contribution is 2.32. The Bertz CT molecular complexity index is 355. The fraction of sp³-hybridized carbons (Fsp3) is 0.417. The summed E-state index contributed by atoms with van der Waals surface area (Å²) >= 11 is 0. The van der Waals surface area contributed by atoms with E-state index in [-0.39, 0.29) is 0 Å². The smallest absolute Gasteiger partial charge is 0.0576 e. The van der Waals surface area contributed by atoms with Crippen LogP contribution in [0, 0.1) is 5.92 Å². The lowest BCUT2D eigenvalue weighted by Gasteiger charge is -2.19. The van der Waals surface area contributed by atoms with Crippen molar-refractivity contribution in [3.05, 3.63) is 30.1 Å². The van der Waals surface area contributed by atoms with Crippen LogP contribution in [0.3, 0.4) is 0 Å². The van der Waals surface area contributed by atoms with Crippen LogP contribution in [0.2, 0.25) is 0 Å². The zero-order valence-electron chi connectivity index (χ0n) is 8.53. The molecule has 0 saturated carbocycles. The van der Waals surface area contributed by atoms with Gasteiger partial charge in [0, 0.05) is 11.8 Å². The van der Waals surface area contributed by atoms with Crippen LogP contribution >= 0.6 is 0 Å². The number of allylic oxidation sites excluding steroid dienone is 2. The average Bonchev–Trinajstić information content (AvgIpc) is 2.18. The van der Waals surface area contributed by atoms with Gasteiger partial charge < -0.3 is 5.73 Å². The minimum absolute atomic E-state index is 0.780. The van der Waals surface area contributed by atoms with Crippen molar-refractivity contribution in [2.75, 3.05) is 5.73 Å². The van der Waals surface area contributed by atoms with Gasteiger partial charge >= 0.3 is 0 Å². The van der Waals surface area contributed by atoms with Crippen LogP contribution in [-0.4, -0.2) is 4.98 Å². The lowest BCUT2D eigenvalue weighted by atomic mass is 9.87. The molecule has 1 aliphatic rings. The van der Waals surface area contributed by atoms with Crippen molar-refractivity contribution >= 4 is 11.3 Å². The maximum absolute atomic E-state index is 5.89. The maximum atomic E-state index is 5.89. The van der Waals surface area contributed by atoms with Crippen molar-refractivity contribution in [1.29, 1.82) is 0 Å². The van der Waals surface area contributed by atoms with Gasteiger partial charge in [0.1, 0.15) is 0 Å². The maximum Gasteiger partial charge on any atom is 0.0576 e. The van der Waals surface area contributed by atoms with E-state index in [1.54, 1.807) is 6.20 Å². The predicted octanol–water partition coefficient (Wildman–Crippen LogP) is 2.87. The summed E-state index contributed by atoms with van der Waals surface area (Å²) in [7, 11) is 0. The summed E-state index contributed by atoms with van der Waals surface area (Å²) in [5, 5.41) is 0. The van der Waals surface area contributed by atoms with Gasteiger partial charge in [-0.1, -0.05) is 13.0 Å². The van der Waals surface area contributed by atoms with E-state index in [1.807, 2.05) is 12.3 Å². The zero-order chi connectivity index (χ0) is 9.97. The number of hydrogen-bond donors (Lipinski definition) is 1. The highest BCUT2D eigenvalue weighted by atomic mass is 14.7. The SMILES string of the molecule is CC1CCC=C(c2ccncc2N)C1. The van der Waals surface area contributed by atoms with E-state index in [0.717, 1.165) is 18.0 Å². The van der Waals surface area contributed by atoms with Gasteiger partial charge in [-0.15, -0.1) is 0 Å². The molecular weight excluding hydrogens is 172 g/mol. The molecular formula is C12H16N2. The fourth-order valence-corrected chi connectivity index (χ4v) is 2.02. The first-order chi connectivity index (χ1) is 6.77. The average molecular weight is 188 g/mol. The van der Waals surface area contributed by atoms with E-state index in [2.05, 4.69) is 18.0 Å². The first kappa shape index (κ1) is 9.25. The van der Waals surface area contributed by atoms with Crippen LogP contribution in [0.1, 0.15) is 31.7 Å². The second-order valence-electron chi connectivity index (χ2n) is 4.08. The van der Waals surface area contributed by atoms with Crippen LogP contribution in [0.5, 0.6) is 0 Å². The number of aromatic nitrogens is 1. The molecule has 0 fully saturated rings. The molecule has 0 spiro atoms. The molecule has 1 heterocycles. The highest BCUT2D eigenvalue weighted by molar-refractivity contribution is 5.74. The van der Waals surface area contributed by atoms with E-state index < -0.39 is 0 Å². The van der Waals surface area contributed by atoms with E-state index in [9.17, 15) is 0 Å². The molecule has 0 saturated heterocycles. The van der Waals surface area contributed by atoms with Gasteiger partial charge in [0.2, 0.25) is 0 Å². The Morgan fingerprint density at radius 3 is 3.07 bits per heavy atom. The second-order valence-corrected chi connectivity index (χ2v) is 4.08. The lowest BCUT2D eigenvalue weighted by Crippen LogP contribution is -2.04. The lowest BCUT2D eigenvalue weighted by molar-refractivity contribution is 0.536. The highest BCUT2D eigenvalue weighted by Gasteiger charge is 2.13. The minimum atomic E-state index is 0.780. The summed E-state index contributed by atoms with van der Waals surface area (Å²) in [5.74, 6) is 0.780. The van der Waals surface area contributed by atoms with Gasteiger partial charge in [-0.3, -0.25) is 4.98 Å². The largest absolute Gasteiger partial charge is 0.397 e. The molecule has 2 rings (SSSR count). The molecule has 14 heavy (non-hydrogen) atoms. The van der Waals surface area contributed by atoms with E-state index >= 15 is 0 Å². The first-order valence-corrected chi connectivity index (χ1v) is 5.16. The molecule has 2 heteroatoms. The first-order valence-electron chi connectivity index (χ1n) is 5.16. The molecule has 2 nitrogen and oxygen atoms in total. The van der Waals surface area contributed by atoms with E-state index in [1.165, 1.54) is 24.0 Å². The van der Waals surface area contributed by atoms with Crippen molar-refractivity contribution in [3.8, 4) is 0 Å². The normalized spacial score (nSPS) is 21.8. The summed E-state index contributed by atoms with van der Waals surface area (Å²) in [5.41, 5.74) is 9.26. The van der Waals surface area contributed by atoms with Gasteiger partial charge in [-0.2, -0.15) is 0 Å².